The molecule has 0 aliphatic carbocycles. The number of rotatable bonds is 6. The summed E-state index contributed by atoms with van der Waals surface area (Å²) in [4.78, 5) is 16.4. The molecule has 7 heteroatoms. The maximum atomic E-state index is 12.9. The molecule has 1 heterocycles. The van der Waals surface area contributed by atoms with Crippen LogP contribution in [0.25, 0.3) is 0 Å². The zero-order chi connectivity index (χ0) is 19.8. The summed E-state index contributed by atoms with van der Waals surface area (Å²) < 4.78 is 12.9. The van der Waals surface area contributed by atoms with Crippen molar-refractivity contribution in [2.24, 2.45) is 0 Å². The first kappa shape index (κ1) is 20.2. The number of piperazine rings is 1. The van der Waals surface area contributed by atoms with Crippen LogP contribution in [-0.2, 0) is 11.2 Å². The highest BCUT2D eigenvalue weighted by Gasteiger charge is 2.20. The average molecular weight is 401 g/mol. The first-order valence-electron chi connectivity index (χ1n) is 9.44. The Morgan fingerprint density at radius 1 is 1.00 bits per heavy atom. The predicted octanol–water partition coefficient (Wildman–Crippen LogP) is 2.50. The SMILES string of the molecule is O=C(CN1CCN(C(=S)NCCc2ccccc2)CC1)Nc1ccc(F)cc1. The van der Waals surface area contributed by atoms with Gasteiger partial charge in [0.1, 0.15) is 5.82 Å². The van der Waals surface area contributed by atoms with Gasteiger partial charge in [-0.1, -0.05) is 30.3 Å². The van der Waals surface area contributed by atoms with E-state index in [1.54, 1.807) is 12.1 Å². The number of hydrogen-bond donors (Lipinski definition) is 2. The fourth-order valence-corrected chi connectivity index (χ4v) is 3.40. The van der Waals surface area contributed by atoms with Crippen molar-refractivity contribution in [1.82, 2.24) is 15.1 Å². The smallest absolute Gasteiger partial charge is 0.238 e. The Kier molecular flexibility index (Phi) is 7.33. The van der Waals surface area contributed by atoms with Gasteiger partial charge in [0.15, 0.2) is 5.11 Å². The second-order valence-electron chi connectivity index (χ2n) is 6.79. The van der Waals surface area contributed by atoms with E-state index in [1.807, 2.05) is 18.2 Å². The van der Waals surface area contributed by atoms with Crippen molar-refractivity contribution in [3.8, 4) is 0 Å². The third-order valence-electron chi connectivity index (χ3n) is 4.69. The van der Waals surface area contributed by atoms with E-state index in [4.69, 9.17) is 12.2 Å². The summed E-state index contributed by atoms with van der Waals surface area (Å²) >= 11 is 5.50. The van der Waals surface area contributed by atoms with Gasteiger partial charge in [-0.05, 0) is 48.5 Å². The topological polar surface area (TPSA) is 47.6 Å². The van der Waals surface area contributed by atoms with E-state index in [1.165, 1.54) is 17.7 Å². The molecule has 1 amide bonds. The first-order chi connectivity index (χ1) is 13.6. The molecule has 28 heavy (non-hydrogen) atoms. The molecule has 1 saturated heterocycles. The van der Waals surface area contributed by atoms with Crippen LogP contribution in [0.3, 0.4) is 0 Å². The van der Waals surface area contributed by atoms with Crippen LogP contribution in [0.2, 0.25) is 0 Å². The summed E-state index contributed by atoms with van der Waals surface area (Å²) in [5.74, 6) is -0.411. The Hall–Kier alpha value is -2.51. The minimum atomic E-state index is -0.317. The molecule has 0 unspecified atom stereocenters. The Morgan fingerprint density at radius 3 is 2.36 bits per heavy atom. The van der Waals surface area contributed by atoms with Gasteiger partial charge in [0.2, 0.25) is 5.91 Å². The Balaban J connectivity index is 1.34. The van der Waals surface area contributed by atoms with E-state index >= 15 is 0 Å². The second kappa shape index (κ2) is 10.1. The van der Waals surface area contributed by atoms with Gasteiger partial charge in [0.25, 0.3) is 0 Å². The molecule has 1 aliphatic heterocycles. The zero-order valence-corrected chi connectivity index (χ0v) is 16.6. The first-order valence-corrected chi connectivity index (χ1v) is 9.85. The summed E-state index contributed by atoms with van der Waals surface area (Å²) in [6.07, 6.45) is 0.935. The summed E-state index contributed by atoms with van der Waals surface area (Å²) in [7, 11) is 0. The molecule has 3 rings (SSSR count). The lowest BCUT2D eigenvalue weighted by Gasteiger charge is -2.35. The summed E-state index contributed by atoms with van der Waals surface area (Å²) in [5, 5.41) is 6.89. The third-order valence-corrected chi connectivity index (χ3v) is 5.09. The normalized spacial score (nSPS) is 14.5. The lowest BCUT2D eigenvalue weighted by Crippen LogP contribution is -2.53. The van der Waals surface area contributed by atoms with Crippen LogP contribution < -0.4 is 10.6 Å². The molecule has 2 aromatic rings. The molecule has 1 fully saturated rings. The van der Waals surface area contributed by atoms with E-state index in [2.05, 4.69) is 32.6 Å². The zero-order valence-electron chi connectivity index (χ0n) is 15.7. The van der Waals surface area contributed by atoms with E-state index in [0.717, 1.165) is 44.3 Å². The van der Waals surface area contributed by atoms with Crippen LogP contribution >= 0.6 is 12.2 Å². The van der Waals surface area contributed by atoms with E-state index in [0.29, 0.717) is 12.2 Å². The van der Waals surface area contributed by atoms with Gasteiger partial charge in [0.05, 0.1) is 6.54 Å². The summed E-state index contributed by atoms with van der Waals surface area (Å²) in [5.41, 5.74) is 1.89. The van der Waals surface area contributed by atoms with Gasteiger partial charge in [-0.25, -0.2) is 4.39 Å². The van der Waals surface area contributed by atoms with E-state index in [-0.39, 0.29) is 11.7 Å². The highest BCUT2D eigenvalue weighted by atomic mass is 32.1. The Morgan fingerprint density at radius 2 is 1.68 bits per heavy atom. The number of anilines is 1. The van der Waals surface area contributed by atoms with Crippen molar-refractivity contribution in [3.63, 3.8) is 0 Å². The van der Waals surface area contributed by atoms with Crippen LogP contribution in [0.15, 0.2) is 54.6 Å². The van der Waals surface area contributed by atoms with Gasteiger partial charge in [0, 0.05) is 38.4 Å². The molecule has 2 aromatic carbocycles. The fourth-order valence-electron chi connectivity index (χ4n) is 3.12. The summed E-state index contributed by atoms with van der Waals surface area (Å²) in [6, 6.07) is 16.1. The van der Waals surface area contributed by atoms with Crippen LogP contribution in [-0.4, -0.2) is 60.1 Å². The van der Waals surface area contributed by atoms with Crippen LogP contribution in [0.1, 0.15) is 5.56 Å². The van der Waals surface area contributed by atoms with Crippen molar-refractivity contribution in [3.05, 3.63) is 66.0 Å². The molecule has 0 bridgehead atoms. The number of carbonyl (C=O) groups is 1. The van der Waals surface area contributed by atoms with Gasteiger partial charge in [-0.15, -0.1) is 0 Å². The number of benzene rings is 2. The number of nitrogens with zero attached hydrogens (tertiary/aromatic N) is 2. The fraction of sp³-hybridized carbons (Fsp3) is 0.333. The van der Waals surface area contributed by atoms with Crippen molar-refractivity contribution >= 4 is 28.9 Å². The Bertz CT molecular complexity index is 777. The molecule has 2 N–H and O–H groups in total. The average Bonchev–Trinajstić information content (AvgIpc) is 2.71. The minimum absolute atomic E-state index is 0.0939. The second-order valence-corrected chi connectivity index (χ2v) is 7.17. The van der Waals surface area contributed by atoms with Crippen LogP contribution in [0.5, 0.6) is 0 Å². The lowest BCUT2D eigenvalue weighted by atomic mass is 10.1. The minimum Gasteiger partial charge on any atom is -0.362 e. The van der Waals surface area contributed by atoms with Crippen molar-refractivity contribution in [2.45, 2.75) is 6.42 Å². The van der Waals surface area contributed by atoms with Gasteiger partial charge >= 0.3 is 0 Å². The van der Waals surface area contributed by atoms with Crippen molar-refractivity contribution in [2.75, 3.05) is 44.6 Å². The molecule has 0 saturated carbocycles. The number of amides is 1. The predicted molar refractivity (Wildman–Crippen MR) is 114 cm³/mol. The van der Waals surface area contributed by atoms with Crippen LogP contribution in [0, 0.1) is 5.82 Å². The largest absolute Gasteiger partial charge is 0.362 e. The highest BCUT2D eigenvalue weighted by Crippen LogP contribution is 2.09. The van der Waals surface area contributed by atoms with Crippen molar-refractivity contribution in [1.29, 1.82) is 0 Å². The molecule has 0 spiro atoms. The molecule has 148 valence electrons. The number of halogens is 1. The third kappa shape index (κ3) is 6.28. The van der Waals surface area contributed by atoms with Gasteiger partial charge < -0.3 is 15.5 Å². The lowest BCUT2D eigenvalue weighted by molar-refractivity contribution is -0.117. The number of nitrogens with one attached hydrogen (secondary N) is 2. The molecule has 5 nitrogen and oxygen atoms in total. The van der Waals surface area contributed by atoms with E-state index < -0.39 is 0 Å². The number of carbonyl (C=O) groups excluding carboxylic acids is 1. The van der Waals surface area contributed by atoms with Gasteiger partial charge in [-0.2, -0.15) is 0 Å². The summed E-state index contributed by atoms with van der Waals surface area (Å²) in [6.45, 7) is 4.26. The highest BCUT2D eigenvalue weighted by molar-refractivity contribution is 7.80. The Labute approximate surface area is 170 Å². The molecular weight excluding hydrogens is 375 g/mol. The maximum absolute atomic E-state index is 12.9. The molecule has 0 atom stereocenters. The number of hydrogen-bond acceptors (Lipinski definition) is 3. The van der Waals surface area contributed by atoms with Crippen LogP contribution in [0.4, 0.5) is 10.1 Å². The molecule has 0 radical (unpaired) electrons. The van der Waals surface area contributed by atoms with E-state index in [9.17, 15) is 9.18 Å². The standard InChI is InChI=1S/C21H25FN4OS/c22-18-6-8-19(9-7-18)24-20(27)16-25-12-14-26(15-13-25)21(28)23-11-10-17-4-2-1-3-5-17/h1-9H,10-16H2,(H,23,28)(H,24,27). The maximum Gasteiger partial charge on any atom is 0.238 e. The number of thiocarbonyl (C=S) groups is 1. The monoisotopic (exact) mass is 400 g/mol. The quantitative estimate of drug-likeness (QED) is 0.730. The van der Waals surface area contributed by atoms with Crippen molar-refractivity contribution < 1.29 is 9.18 Å². The molecule has 1 aliphatic rings. The molecule has 0 aromatic heterocycles. The molecular formula is C21H25FN4OS. The van der Waals surface area contributed by atoms with Gasteiger partial charge in [-0.3, -0.25) is 9.69 Å².